The maximum absolute atomic E-state index is 8.63. The monoisotopic (exact) mass is 241 g/mol. The minimum Gasteiger partial charge on any atom is -0.726 e. The van der Waals surface area contributed by atoms with E-state index in [0.717, 1.165) is 10.4 Å². The molecule has 0 heterocycles. The van der Waals surface area contributed by atoms with Gasteiger partial charge in [-0.2, -0.15) is 0 Å². The van der Waals surface area contributed by atoms with Crippen molar-refractivity contribution in [2.75, 3.05) is 42.3 Å². The van der Waals surface area contributed by atoms with Crippen LogP contribution in [0.15, 0.2) is 4.99 Å². The molecule has 0 aromatic carbocycles. The molecule has 0 bridgehead atoms. The van der Waals surface area contributed by atoms with Gasteiger partial charge in [0, 0.05) is 21.1 Å². The minimum atomic E-state index is -4.92. The Balaban J connectivity index is 0. The first-order chi connectivity index (χ1) is 6.39. The molecule has 0 rings (SSSR count). The summed E-state index contributed by atoms with van der Waals surface area (Å²) in [6.07, 6.45) is 0. The Morgan fingerprint density at radius 1 is 1.33 bits per heavy atom. The zero-order valence-corrected chi connectivity index (χ0v) is 10.7. The third kappa shape index (κ3) is 13.3. The second-order valence-corrected chi connectivity index (χ2v) is 4.71. The number of nitrogens with zero attached hydrogens (tertiary/aromatic N) is 3. The average molecular weight is 241 g/mol. The molecular weight excluding hydrogens is 222 g/mol. The van der Waals surface area contributed by atoms with E-state index in [1.165, 1.54) is 0 Å². The molecule has 92 valence electrons. The van der Waals surface area contributed by atoms with E-state index in [-0.39, 0.29) is 0 Å². The number of hydrogen-bond donors (Lipinski definition) is 1. The molecule has 0 saturated heterocycles. The van der Waals surface area contributed by atoms with E-state index in [2.05, 4.69) is 26.1 Å². The third-order valence-corrected chi connectivity index (χ3v) is 1.20. The predicted octanol–water partition coefficient (Wildman–Crippen LogP) is -0.755. The Labute approximate surface area is 91.2 Å². The van der Waals surface area contributed by atoms with Crippen LogP contribution in [0.3, 0.4) is 0 Å². The van der Waals surface area contributed by atoms with Crippen LogP contribution in [-0.2, 0) is 10.4 Å². The zero-order chi connectivity index (χ0) is 12.9. The summed E-state index contributed by atoms with van der Waals surface area (Å²) in [7, 11) is 7.21. The lowest BCUT2D eigenvalue weighted by Gasteiger charge is -2.28. The van der Waals surface area contributed by atoms with Gasteiger partial charge in [0.25, 0.3) is 5.96 Å². The fourth-order valence-corrected chi connectivity index (χ4v) is 1.10. The van der Waals surface area contributed by atoms with Crippen LogP contribution in [0.25, 0.3) is 0 Å². The standard InChI is InChI=1S/C7H18N3.H2O4S/c1-8-7(9(2)3)10(4,5)6;1-5(2,3)4/h1-6H3;(H2,1,2,3,4)/q+1;/p-1. The van der Waals surface area contributed by atoms with E-state index >= 15 is 0 Å². The number of aliphatic imine (C=N–C) groups is 1. The van der Waals surface area contributed by atoms with Gasteiger partial charge in [-0.15, -0.1) is 0 Å². The molecule has 0 radical (unpaired) electrons. The fourth-order valence-electron chi connectivity index (χ4n) is 1.10. The molecule has 0 spiro atoms. The van der Waals surface area contributed by atoms with Crippen molar-refractivity contribution in [2.45, 2.75) is 0 Å². The first kappa shape index (κ1) is 16.7. The summed E-state index contributed by atoms with van der Waals surface area (Å²) in [6, 6.07) is 0. The second-order valence-electron chi connectivity index (χ2n) is 3.86. The molecule has 0 aliphatic carbocycles. The van der Waals surface area contributed by atoms with Crippen molar-refractivity contribution in [3.8, 4) is 0 Å². The SMILES string of the molecule is CN=C(N(C)C)[N+](C)(C)C.O=S(=O)([O-])O. The Bertz CT molecular complexity index is 295. The largest absolute Gasteiger partial charge is 0.726 e. The Morgan fingerprint density at radius 2 is 1.60 bits per heavy atom. The van der Waals surface area contributed by atoms with Crippen LogP contribution in [0, 0.1) is 0 Å². The molecular formula is C7H19N3O4S. The average Bonchev–Trinajstić information content (AvgIpc) is 1.78. The molecule has 0 aliphatic heterocycles. The number of quaternary nitrogens is 1. The summed E-state index contributed by atoms with van der Waals surface area (Å²) in [5, 5.41) is 0. The van der Waals surface area contributed by atoms with Gasteiger partial charge in [-0.25, -0.2) is 13.4 Å². The van der Waals surface area contributed by atoms with Crippen LogP contribution in [0.2, 0.25) is 0 Å². The van der Waals surface area contributed by atoms with E-state index in [9.17, 15) is 0 Å². The number of hydrogen-bond acceptors (Lipinski definition) is 4. The van der Waals surface area contributed by atoms with E-state index in [1.54, 1.807) is 0 Å². The molecule has 0 amide bonds. The van der Waals surface area contributed by atoms with Gasteiger partial charge in [-0.05, 0) is 0 Å². The summed E-state index contributed by atoms with van der Waals surface area (Å²) in [4.78, 5) is 6.20. The highest BCUT2D eigenvalue weighted by Gasteiger charge is 2.18. The van der Waals surface area contributed by atoms with Crippen LogP contribution in [0.1, 0.15) is 0 Å². The highest BCUT2D eigenvalue weighted by atomic mass is 32.3. The lowest BCUT2D eigenvalue weighted by atomic mass is 10.6. The number of rotatable bonds is 0. The van der Waals surface area contributed by atoms with E-state index in [4.69, 9.17) is 17.5 Å². The quantitative estimate of drug-likeness (QED) is 0.198. The van der Waals surface area contributed by atoms with Crippen molar-refractivity contribution in [1.82, 2.24) is 4.90 Å². The van der Waals surface area contributed by atoms with Gasteiger partial charge in [0.15, 0.2) is 0 Å². The molecule has 0 fully saturated rings. The maximum atomic E-state index is 8.63. The van der Waals surface area contributed by atoms with Gasteiger partial charge in [0.2, 0.25) is 10.4 Å². The molecule has 0 unspecified atom stereocenters. The van der Waals surface area contributed by atoms with Crippen molar-refractivity contribution in [3.63, 3.8) is 0 Å². The zero-order valence-electron chi connectivity index (χ0n) is 9.92. The van der Waals surface area contributed by atoms with Crippen molar-refractivity contribution < 1.29 is 22.0 Å². The highest BCUT2D eigenvalue weighted by molar-refractivity contribution is 7.79. The van der Waals surface area contributed by atoms with E-state index in [1.807, 2.05) is 26.0 Å². The smallest absolute Gasteiger partial charge is 0.298 e. The van der Waals surface area contributed by atoms with Crippen molar-refractivity contribution in [1.29, 1.82) is 0 Å². The molecule has 0 aliphatic rings. The molecule has 0 saturated carbocycles. The molecule has 0 aromatic rings. The van der Waals surface area contributed by atoms with Gasteiger partial charge in [-0.1, -0.05) is 0 Å². The van der Waals surface area contributed by atoms with E-state index in [0.29, 0.717) is 0 Å². The topological polar surface area (TPSA) is 93.0 Å². The molecule has 1 N–H and O–H groups in total. The Hall–Kier alpha value is -0.700. The minimum absolute atomic E-state index is 0.767. The highest BCUT2D eigenvalue weighted by Crippen LogP contribution is 1.96. The van der Waals surface area contributed by atoms with Gasteiger partial charge < -0.3 is 9.45 Å². The van der Waals surface area contributed by atoms with Crippen LogP contribution in [-0.4, -0.2) is 75.2 Å². The fraction of sp³-hybridized carbons (Fsp3) is 0.857. The van der Waals surface area contributed by atoms with Crippen LogP contribution in [0.4, 0.5) is 0 Å². The van der Waals surface area contributed by atoms with Gasteiger partial charge in [0.1, 0.15) is 0 Å². The first-order valence-corrected chi connectivity index (χ1v) is 5.40. The Morgan fingerprint density at radius 3 is 1.60 bits per heavy atom. The van der Waals surface area contributed by atoms with Gasteiger partial charge >= 0.3 is 0 Å². The van der Waals surface area contributed by atoms with Crippen LogP contribution < -0.4 is 0 Å². The normalized spacial score (nSPS) is 12.9. The van der Waals surface area contributed by atoms with Crippen molar-refractivity contribution in [3.05, 3.63) is 0 Å². The summed E-state index contributed by atoms with van der Waals surface area (Å²) in [6.45, 7) is 0. The van der Waals surface area contributed by atoms with Crippen molar-refractivity contribution >= 4 is 16.4 Å². The molecule has 0 aromatic heterocycles. The summed E-state index contributed by atoms with van der Waals surface area (Å²) >= 11 is 0. The third-order valence-electron chi connectivity index (χ3n) is 1.20. The molecule has 15 heavy (non-hydrogen) atoms. The summed E-state index contributed by atoms with van der Waals surface area (Å²) < 4.78 is 33.6. The van der Waals surface area contributed by atoms with Gasteiger partial charge in [-0.3, -0.25) is 9.04 Å². The van der Waals surface area contributed by atoms with E-state index < -0.39 is 10.4 Å². The second kappa shape index (κ2) is 6.01. The lowest BCUT2D eigenvalue weighted by molar-refractivity contribution is -0.782. The molecule has 7 nitrogen and oxygen atoms in total. The maximum Gasteiger partial charge on any atom is 0.298 e. The van der Waals surface area contributed by atoms with Gasteiger partial charge in [0.05, 0.1) is 21.1 Å². The predicted molar refractivity (Wildman–Crippen MR) is 57.4 cm³/mol. The molecule has 0 atom stereocenters. The summed E-state index contributed by atoms with van der Waals surface area (Å²) in [5.74, 6) is 1.07. The lowest BCUT2D eigenvalue weighted by Crippen LogP contribution is -2.48. The first-order valence-electron chi connectivity index (χ1n) is 4.04. The van der Waals surface area contributed by atoms with Crippen molar-refractivity contribution in [2.24, 2.45) is 4.99 Å². The van der Waals surface area contributed by atoms with Crippen LogP contribution >= 0.6 is 0 Å². The van der Waals surface area contributed by atoms with Crippen LogP contribution in [0.5, 0.6) is 0 Å². The molecule has 8 heteroatoms. The summed E-state index contributed by atoms with van der Waals surface area (Å²) in [5.41, 5.74) is 0. The number of guanidine groups is 1. The Kier molecular flexibility index (Phi) is 6.70.